The number of carbonyl (C=O) groups excluding carboxylic acids is 1. The standard InChI is InChI=1S/C12H14F3NO/c1-7(3-2-6-16)12(17)8-4-5-9(13)11(15)10(8)14/h4-5,7H,2-3,6,16H2,1H3. The van der Waals surface area contributed by atoms with Crippen LogP contribution in [0.3, 0.4) is 0 Å². The third-order valence-corrected chi connectivity index (χ3v) is 2.59. The van der Waals surface area contributed by atoms with Crippen LogP contribution in [0.25, 0.3) is 0 Å². The average molecular weight is 245 g/mol. The summed E-state index contributed by atoms with van der Waals surface area (Å²) in [6.07, 6.45) is 1.12. The van der Waals surface area contributed by atoms with Gasteiger partial charge in [0.05, 0.1) is 5.56 Å². The van der Waals surface area contributed by atoms with Crippen molar-refractivity contribution in [3.8, 4) is 0 Å². The predicted molar refractivity (Wildman–Crippen MR) is 58.1 cm³/mol. The molecule has 0 heterocycles. The minimum absolute atomic E-state index is 0.409. The highest BCUT2D eigenvalue weighted by Crippen LogP contribution is 2.20. The molecule has 0 amide bonds. The summed E-state index contributed by atoms with van der Waals surface area (Å²) in [5.41, 5.74) is 4.89. The molecule has 17 heavy (non-hydrogen) atoms. The van der Waals surface area contributed by atoms with Gasteiger partial charge in [0.25, 0.3) is 0 Å². The van der Waals surface area contributed by atoms with Crippen molar-refractivity contribution in [2.45, 2.75) is 19.8 Å². The first-order valence-electron chi connectivity index (χ1n) is 5.36. The molecule has 0 aliphatic carbocycles. The van der Waals surface area contributed by atoms with Crippen LogP contribution < -0.4 is 5.73 Å². The SMILES string of the molecule is CC(CCCN)C(=O)c1ccc(F)c(F)c1F. The molecule has 1 rings (SSSR count). The summed E-state index contributed by atoms with van der Waals surface area (Å²) in [5, 5.41) is 0. The molecule has 0 aliphatic heterocycles. The summed E-state index contributed by atoms with van der Waals surface area (Å²) in [5.74, 6) is -5.32. The number of ketones is 1. The maximum atomic E-state index is 13.3. The molecule has 1 atom stereocenters. The smallest absolute Gasteiger partial charge is 0.195 e. The Labute approximate surface area is 97.6 Å². The summed E-state index contributed by atoms with van der Waals surface area (Å²) in [6, 6.07) is 1.72. The Morgan fingerprint density at radius 2 is 1.94 bits per heavy atom. The maximum absolute atomic E-state index is 13.3. The summed E-state index contributed by atoms with van der Waals surface area (Å²) in [6.45, 7) is 2.04. The van der Waals surface area contributed by atoms with Gasteiger partial charge < -0.3 is 5.73 Å². The third-order valence-electron chi connectivity index (χ3n) is 2.59. The van der Waals surface area contributed by atoms with E-state index in [-0.39, 0.29) is 0 Å². The lowest BCUT2D eigenvalue weighted by Gasteiger charge is -2.10. The fraction of sp³-hybridized carbons (Fsp3) is 0.417. The van der Waals surface area contributed by atoms with E-state index >= 15 is 0 Å². The Balaban J connectivity index is 2.93. The Morgan fingerprint density at radius 1 is 1.29 bits per heavy atom. The van der Waals surface area contributed by atoms with E-state index in [0.29, 0.717) is 19.4 Å². The average Bonchev–Trinajstić information content (AvgIpc) is 2.32. The number of rotatable bonds is 5. The van der Waals surface area contributed by atoms with Crippen molar-refractivity contribution < 1.29 is 18.0 Å². The number of hydrogen-bond acceptors (Lipinski definition) is 2. The highest BCUT2D eigenvalue weighted by atomic mass is 19.2. The molecule has 2 N–H and O–H groups in total. The molecule has 94 valence electrons. The Bertz CT molecular complexity index is 420. The van der Waals surface area contributed by atoms with Crippen molar-refractivity contribution in [1.82, 2.24) is 0 Å². The minimum Gasteiger partial charge on any atom is -0.330 e. The van der Waals surface area contributed by atoms with Gasteiger partial charge in [-0.3, -0.25) is 4.79 Å². The van der Waals surface area contributed by atoms with Crippen molar-refractivity contribution in [3.63, 3.8) is 0 Å². The van der Waals surface area contributed by atoms with Crippen LogP contribution >= 0.6 is 0 Å². The van der Waals surface area contributed by atoms with E-state index in [1.165, 1.54) is 0 Å². The maximum Gasteiger partial charge on any atom is 0.195 e. The van der Waals surface area contributed by atoms with Gasteiger partial charge in [0.2, 0.25) is 0 Å². The van der Waals surface area contributed by atoms with Crippen molar-refractivity contribution in [2.24, 2.45) is 11.7 Å². The summed E-state index contributed by atoms with van der Waals surface area (Å²) in [4.78, 5) is 11.8. The molecule has 0 aromatic heterocycles. The highest BCUT2D eigenvalue weighted by molar-refractivity contribution is 5.97. The molecule has 0 bridgehead atoms. The predicted octanol–water partition coefficient (Wildman–Crippen LogP) is 2.66. The second-order valence-electron chi connectivity index (χ2n) is 3.92. The number of carbonyl (C=O) groups is 1. The molecule has 2 nitrogen and oxygen atoms in total. The number of halogens is 3. The first-order chi connectivity index (χ1) is 7.99. The van der Waals surface area contributed by atoms with E-state index in [4.69, 9.17) is 5.73 Å². The molecule has 0 radical (unpaired) electrons. The Morgan fingerprint density at radius 3 is 2.53 bits per heavy atom. The van der Waals surface area contributed by atoms with Gasteiger partial charge in [-0.05, 0) is 31.5 Å². The number of hydrogen-bond donors (Lipinski definition) is 1. The van der Waals surface area contributed by atoms with Crippen LogP contribution in [0.15, 0.2) is 12.1 Å². The van der Waals surface area contributed by atoms with Crippen molar-refractivity contribution in [1.29, 1.82) is 0 Å². The number of benzene rings is 1. The van der Waals surface area contributed by atoms with E-state index in [2.05, 4.69) is 0 Å². The molecule has 0 saturated heterocycles. The van der Waals surface area contributed by atoms with Crippen molar-refractivity contribution >= 4 is 5.78 Å². The van der Waals surface area contributed by atoms with Gasteiger partial charge in [-0.25, -0.2) is 13.2 Å². The quantitative estimate of drug-likeness (QED) is 0.640. The van der Waals surface area contributed by atoms with Crippen LogP contribution in [0.5, 0.6) is 0 Å². The van der Waals surface area contributed by atoms with Crippen LogP contribution in [-0.4, -0.2) is 12.3 Å². The lowest BCUT2D eigenvalue weighted by atomic mass is 9.94. The minimum atomic E-state index is -1.61. The van der Waals surface area contributed by atoms with E-state index in [9.17, 15) is 18.0 Å². The zero-order valence-corrected chi connectivity index (χ0v) is 9.47. The number of Topliss-reactive ketones (excluding diaryl/α,β-unsaturated/α-hetero) is 1. The lowest BCUT2D eigenvalue weighted by molar-refractivity contribution is 0.0918. The summed E-state index contributed by atoms with van der Waals surface area (Å²) in [7, 11) is 0. The van der Waals surface area contributed by atoms with E-state index < -0.39 is 34.7 Å². The monoisotopic (exact) mass is 245 g/mol. The summed E-state index contributed by atoms with van der Waals surface area (Å²) < 4.78 is 39.0. The van der Waals surface area contributed by atoms with Crippen LogP contribution in [-0.2, 0) is 0 Å². The topological polar surface area (TPSA) is 43.1 Å². The molecule has 1 aromatic rings. The van der Waals surface area contributed by atoms with E-state index in [1.54, 1.807) is 6.92 Å². The molecule has 0 aliphatic rings. The van der Waals surface area contributed by atoms with E-state index in [0.717, 1.165) is 12.1 Å². The van der Waals surface area contributed by atoms with Crippen LogP contribution in [0, 0.1) is 23.4 Å². The number of nitrogens with two attached hydrogens (primary N) is 1. The fourth-order valence-corrected chi connectivity index (χ4v) is 1.54. The zero-order chi connectivity index (χ0) is 13.0. The molecule has 0 fully saturated rings. The van der Waals surface area contributed by atoms with Gasteiger partial charge in [0.1, 0.15) is 0 Å². The van der Waals surface area contributed by atoms with Crippen LogP contribution in [0.2, 0.25) is 0 Å². The Kier molecular flexibility index (Phi) is 4.69. The molecular formula is C12H14F3NO. The van der Waals surface area contributed by atoms with Gasteiger partial charge in [0, 0.05) is 5.92 Å². The van der Waals surface area contributed by atoms with Gasteiger partial charge in [-0.15, -0.1) is 0 Å². The molecule has 1 aromatic carbocycles. The van der Waals surface area contributed by atoms with Gasteiger partial charge in [-0.1, -0.05) is 6.92 Å². The van der Waals surface area contributed by atoms with Gasteiger partial charge >= 0.3 is 0 Å². The first kappa shape index (κ1) is 13.7. The van der Waals surface area contributed by atoms with Crippen molar-refractivity contribution in [3.05, 3.63) is 35.1 Å². The lowest BCUT2D eigenvalue weighted by Crippen LogP contribution is -2.15. The van der Waals surface area contributed by atoms with E-state index in [1.807, 2.05) is 0 Å². The third kappa shape index (κ3) is 3.06. The Hall–Kier alpha value is -1.36. The summed E-state index contributed by atoms with van der Waals surface area (Å²) >= 11 is 0. The zero-order valence-electron chi connectivity index (χ0n) is 9.47. The largest absolute Gasteiger partial charge is 0.330 e. The molecule has 0 spiro atoms. The van der Waals surface area contributed by atoms with Gasteiger partial charge in [0.15, 0.2) is 23.2 Å². The van der Waals surface area contributed by atoms with Crippen LogP contribution in [0.1, 0.15) is 30.1 Å². The molecule has 5 heteroatoms. The second kappa shape index (κ2) is 5.82. The van der Waals surface area contributed by atoms with Crippen LogP contribution in [0.4, 0.5) is 13.2 Å². The van der Waals surface area contributed by atoms with Crippen molar-refractivity contribution in [2.75, 3.05) is 6.54 Å². The molecule has 0 saturated carbocycles. The van der Waals surface area contributed by atoms with Gasteiger partial charge in [-0.2, -0.15) is 0 Å². The normalized spacial score (nSPS) is 12.5. The second-order valence-corrected chi connectivity index (χ2v) is 3.92. The fourth-order valence-electron chi connectivity index (χ4n) is 1.54. The molecule has 1 unspecified atom stereocenters. The first-order valence-corrected chi connectivity index (χ1v) is 5.36. The molecular weight excluding hydrogens is 231 g/mol. The highest BCUT2D eigenvalue weighted by Gasteiger charge is 2.22.